The minimum atomic E-state index is -0.0449. The van der Waals surface area contributed by atoms with Gasteiger partial charge in [0.15, 0.2) is 0 Å². The second-order valence-electron chi connectivity index (χ2n) is 7.87. The van der Waals surface area contributed by atoms with Crippen molar-refractivity contribution in [2.75, 3.05) is 19.6 Å². The Morgan fingerprint density at radius 2 is 2.04 bits per heavy atom. The van der Waals surface area contributed by atoms with Crippen molar-refractivity contribution in [3.05, 3.63) is 35.2 Å². The van der Waals surface area contributed by atoms with E-state index >= 15 is 0 Å². The number of nitrogens with zero attached hydrogens (tertiary/aromatic N) is 5. The number of hydrogen-bond donors (Lipinski definition) is 1. The summed E-state index contributed by atoms with van der Waals surface area (Å²) < 4.78 is 1.58. The maximum atomic E-state index is 13.0. The molecule has 2 aliphatic heterocycles. The third-order valence-electron chi connectivity index (χ3n) is 6.28. The molecule has 1 N–H and O–H groups in total. The van der Waals surface area contributed by atoms with Crippen molar-refractivity contribution in [2.45, 2.75) is 52.0 Å². The van der Waals surface area contributed by atoms with Crippen LogP contribution in [0.4, 0.5) is 0 Å². The van der Waals surface area contributed by atoms with Crippen molar-refractivity contribution in [2.24, 2.45) is 5.92 Å². The minimum absolute atomic E-state index is 0.0449. The van der Waals surface area contributed by atoms with Crippen molar-refractivity contribution in [3.8, 4) is 5.69 Å². The van der Waals surface area contributed by atoms with Gasteiger partial charge in [0.2, 0.25) is 0 Å². The van der Waals surface area contributed by atoms with Crippen LogP contribution in [0.2, 0.25) is 0 Å². The zero-order valence-electron chi connectivity index (χ0n) is 16.2. The highest BCUT2D eigenvalue weighted by Gasteiger charge is 2.33. The monoisotopic (exact) mass is 368 g/mol. The number of amides is 1. The van der Waals surface area contributed by atoms with Gasteiger partial charge >= 0.3 is 0 Å². The Kier molecular flexibility index (Phi) is 5.20. The lowest BCUT2D eigenvalue weighted by molar-refractivity contribution is 0.0575. The Hall–Kier alpha value is -2.28. The van der Waals surface area contributed by atoms with Gasteiger partial charge in [-0.15, -0.1) is 5.10 Å². The van der Waals surface area contributed by atoms with E-state index < -0.39 is 0 Å². The summed E-state index contributed by atoms with van der Waals surface area (Å²) in [4.78, 5) is 15.7. The molecule has 2 aliphatic rings. The second kappa shape index (κ2) is 7.76. The molecule has 0 saturated carbocycles. The fraction of sp³-hybridized carbons (Fsp3) is 0.600. The predicted molar refractivity (Wildman–Crippen MR) is 103 cm³/mol. The first-order valence-corrected chi connectivity index (χ1v) is 10.0. The van der Waals surface area contributed by atoms with Crippen LogP contribution in [0.15, 0.2) is 18.5 Å². The average molecular weight is 368 g/mol. The number of aryl methyl sites for hydroxylation is 1. The second-order valence-corrected chi connectivity index (χ2v) is 7.87. The maximum Gasteiger partial charge on any atom is 0.253 e. The number of fused-ring (bicyclic) bond motifs is 1. The van der Waals surface area contributed by atoms with Crippen LogP contribution in [0.25, 0.3) is 5.69 Å². The number of rotatable bonds is 4. The molecule has 7 heteroatoms. The summed E-state index contributed by atoms with van der Waals surface area (Å²) in [6.07, 6.45) is 7.87. The molecule has 3 heterocycles. The van der Waals surface area contributed by atoms with E-state index in [1.165, 1.54) is 45.2 Å². The van der Waals surface area contributed by atoms with Gasteiger partial charge in [0.05, 0.1) is 11.3 Å². The molecule has 1 amide bonds. The summed E-state index contributed by atoms with van der Waals surface area (Å²) in [5, 5.41) is 14.7. The van der Waals surface area contributed by atoms with Crippen molar-refractivity contribution in [1.29, 1.82) is 0 Å². The van der Waals surface area contributed by atoms with Crippen LogP contribution in [0.3, 0.4) is 0 Å². The summed E-state index contributed by atoms with van der Waals surface area (Å²) in [6.45, 7) is 7.21. The minimum Gasteiger partial charge on any atom is -0.352 e. The van der Waals surface area contributed by atoms with Crippen LogP contribution in [-0.2, 0) is 0 Å². The van der Waals surface area contributed by atoms with Crippen LogP contribution >= 0.6 is 0 Å². The molecule has 2 atom stereocenters. The number of benzene rings is 1. The van der Waals surface area contributed by atoms with Crippen molar-refractivity contribution >= 4 is 5.91 Å². The molecule has 2 fully saturated rings. The summed E-state index contributed by atoms with van der Waals surface area (Å²) in [7, 11) is 0. The van der Waals surface area contributed by atoms with E-state index in [9.17, 15) is 4.79 Å². The van der Waals surface area contributed by atoms with E-state index in [4.69, 9.17) is 0 Å². The van der Waals surface area contributed by atoms with Gasteiger partial charge in [0.1, 0.15) is 6.33 Å². The number of aromatic nitrogens is 4. The highest BCUT2D eigenvalue weighted by molar-refractivity contribution is 5.98. The largest absolute Gasteiger partial charge is 0.352 e. The van der Waals surface area contributed by atoms with Gasteiger partial charge in [-0.2, -0.15) is 4.68 Å². The van der Waals surface area contributed by atoms with Gasteiger partial charge < -0.3 is 10.2 Å². The maximum absolute atomic E-state index is 13.0. The third kappa shape index (κ3) is 3.60. The number of nitrogens with one attached hydrogen (secondary N) is 1. The fourth-order valence-electron chi connectivity index (χ4n) is 4.68. The predicted octanol–water partition coefficient (Wildman–Crippen LogP) is 2.27. The Morgan fingerprint density at radius 1 is 1.19 bits per heavy atom. The molecule has 27 heavy (non-hydrogen) atoms. The zero-order chi connectivity index (χ0) is 18.8. The molecule has 2 unspecified atom stereocenters. The lowest BCUT2D eigenvalue weighted by Crippen LogP contribution is -2.51. The first kappa shape index (κ1) is 18.1. The third-order valence-corrected chi connectivity index (χ3v) is 6.28. The van der Waals surface area contributed by atoms with Crippen LogP contribution < -0.4 is 5.32 Å². The first-order chi connectivity index (χ1) is 13.1. The summed E-state index contributed by atoms with van der Waals surface area (Å²) in [6, 6.07) is 4.50. The van der Waals surface area contributed by atoms with E-state index in [0.717, 1.165) is 23.4 Å². The van der Waals surface area contributed by atoms with E-state index in [1.54, 1.807) is 11.0 Å². The van der Waals surface area contributed by atoms with Crippen molar-refractivity contribution < 1.29 is 4.79 Å². The normalized spacial score (nSPS) is 23.0. The first-order valence-electron chi connectivity index (χ1n) is 10.0. The van der Waals surface area contributed by atoms with Gasteiger partial charge in [0, 0.05) is 12.6 Å². The molecule has 0 aliphatic carbocycles. The van der Waals surface area contributed by atoms with Gasteiger partial charge in [-0.05, 0) is 86.2 Å². The van der Waals surface area contributed by atoms with E-state index in [2.05, 4.69) is 25.7 Å². The zero-order valence-corrected chi connectivity index (χ0v) is 16.2. The summed E-state index contributed by atoms with van der Waals surface area (Å²) in [5.74, 6) is 0.502. The number of carbonyl (C=O) groups is 1. The molecule has 0 bridgehead atoms. The lowest BCUT2D eigenvalue weighted by Gasteiger charge is -2.44. The van der Waals surface area contributed by atoms with Gasteiger partial charge in [-0.3, -0.25) is 4.79 Å². The van der Waals surface area contributed by atoms with Crippen molar-refractivity contribution in [1.82, 2.24) is 30.4 Å². The van der Waals surface area contributed by atoms with Gasteiger partial charge in [-0.1, -0.05) is 12.5 Å². The number of tetrazole rings is 1. The highest BCUT2D eigenvalue weighted by Crippen LogP contribution is 2.30. The summed E-state index contributed by atoms with van der Waals surface area (Å²) >= 11 is 0. The van der Waals surface area contributed by atoms with Crippen LogP contribution in [-0.4, -0.2) is 56.7 Å². The molecule has 2 aromatic rings. The molecule has 1 aromatic heterocycles. The Labute approximate surface area is 160 Å². The smallest absolute Gasteiger partial charge is 0.253 e. The molecule has 1 aromatic carbocycles. The molecular formula is C20H28N6O. The Balaban J connectivity index is 1.51. The molecule has 0 spiro atoms. The SMILES string of the molecule is Cc1ccc(C(=O)NCC2CCCN3CCCCC23)c(-n2cnnn2)c1C. The molecule has 2 saturated heterocycles. The molecule has 0 radical (unpaired) electrons. The number of hydrogen-bond acceptors (Lipinski definition) is 5. The molecule has 7 nitrogen and oxygen atoms in total. The van der Waals surface area contributed by atoms with Crippen LogP contribution in [0.5, 0.6) is 0 Å². The topological polar surface area (TPSA) is 75.9 Å². The standard InChI is InChI=1S/C20H28N6O/c1-14-8-9-17(19(15(14)2)26-13-22-23-24-26)20(27)21-12-16-6-5-11-25-10-4-3-7-18(16)25/h8-9,13,16,18H,3-7,10-12H2,1-2H3,(H,21,27). The van der Waals surface area contributed by atoms with Crippen LogP contribution in [0, 0.1) is 19.8 Å². The Morgan fingerprint density at radius 3 is 2.85 bits per heavy atom. The molecular weight excluding hydrogens is 340 g/mol. The van der Waals surface area contributed by atoms with Gasteiger partial charge in [-0.25, -0.2) is 0 Å². The highest BCUT2D eigenvalue weighted by atomic mass is 16.1. The quantitative estimate of drug-likeness (QED) is 0.896. The molecule has 144 valence electrons. The van der Waals surface area contributed by atoms with E-state index in [0.29, 0.717) is 17.5 Å². The van der Waals surface area contributed by atoms with Gasteiger partial charge in [0.25, 0.3) is 5.91 Å². The Bertz CT molecular complexity index is 801. The average Bonchev–Trinajstić information content (AvgIpc) is 3.22. The van der Waals surface area contributed by atoms with Crippen LogP contribution in [0.1, 0.15) is 53.6 Å². The number of piperidine rings is 2. The van der Waals surface area contributed by atoms with E-state index in [-0.39, 0.29) is 5.91 Å². The van der Waals surface area contributed by atoms with Crippen molar-refractivity contribution in [3.63, 3.8) is 0 Å². The number of carbonyl (C=O) groups excluding carboxylic acids is 1. The lowest BCUT2D eigenvalue weighted by atomic mass is 9.83. The van der Waals surface area contributed by atoms with E-state index in [1.807, 2.05) is 26.0 Å². The molecule has 4 rings (SSSR count). The summed E-state index contributed by atoms with van der Waals surface area (Å²) in [5.41, 5.74) is 3.52. The fourth-order valence-corrected chi connectivity index (χ4v) is 4.68.